The molecule has 1 saturated heterocycles. The van der Waals surface area contributed by atoms with Gasteiger partial charge in [0.1, 0.15) is 11.6 Å². The van der Waals surface area contributed by atoms with Crippen LogP contribution in [-0.4, -0.2) is 36.0 Å². The average Bonchev–Trinajstić information content (AvgIpc) is 3.05. The highest BCUT2D eigenvalue weighted by atomic mass is 35.5. The Morgan fingerprint density at radius 1 is 1.25 bits per heavy atom. The van der Waals surface area contributed by atoms with Crippen LogP contribution in [-0.2, 0) is 17.9 Å². The molecule has 3 rings (SSSR count). The number of carbonyl (C=O) groups is 1. The normalized spacial score (nSPS) is 19.7. The summed E-state index contributed by atoms with van der Waals surface area (Å²) >= 11 is 6.08. The smallest absolute Gasteiger partial charge is 0.237 e. The minimum absolute atomic E-state index is 0.00513. The molecule has 2 atom stereocenters. The van der Waals surface area contributed by atoms with Crippen molar-refractivity contribution in [3.05, 3.63) is 70.2 Å². The van der Waals surface area contributed by atoms with Gasteiger partial charge in [-0.1, -0.05) is 23.7 Å². The maximum atomic E-state index is 13.9. The van der Waals surface area contributed by atoms with Gasteiger partial charge in [-0.15, -0.1) is 0 Å². The Morgan fingerprint density at radius 3 is 2.82 bits per heavy atom. The Kier molecular flexibility index (Phi) is 6.99. The highest BCUT2D eigenvalue weighted by Gasteiger charge is 2.36. The van der Waals surface area contributed by atoms with E-state index in [0.29, 0.717) is 31.1 Å². The maximum Gasteiger partial charge on any atom is 0.237 e. The second-order valence-electron chi connectivity index (χ2n) is 7.02. The molecule has 7 heteroatoms. The van der Waals surface area contributed by atoms with Crippen molar-refractivity contribution in [3.8, 4) is 0 Å². The summed E-state index contributed by atoms with van der Waals surface area (Å²) in [7, 11) is 0. The van der Waals surface area contributed by atoms with Crippen molar-refractivity contribution in [3.63, 3.8) is 0 Å². The van der Waals surface area contributed by atoms with Crippen molar-refractivity contribution in [1.29, 1.82) is 0 Å². The first kappa shape index (κ1) is 20.7. The number of halogens is 3. The Morgan fingerprint density at radius 2 is 2.07 bits per heavy atom. The van der Waals surface area contributed by atoms with Crippen LogP contribution < -0.4 is 10.6 Å². The van der Waals surface area contributed by atoms with E-state index in [-0.39, 0.29) is 30.1 Å². The van der Waals surface area contributed by atoms with Gasteiger partial charge in [0, 0.05) is 42.8 Å². The monoisotopic (exact) mass is 407 g/mol. The summed E-state index contributed by atoms with van der Waals surface area (Å²) in [6, 6.07) is 10.7. The number of likely N-dealkylation sites (tertiary alicyclic amines) is 1. The molecule has 2 aromatic rings. The molecule has 1 amide bonds. The van der Waals surface area contributed by atoms with Crippen molar-refractivity contribution in [1.82, 2.24) is 15.5 Å². The lowest BCUT2D eigenvalue weighted by Gasteiger charge is -2.23. The molecule has 0 bridgehead atoms. The Balaban J connectivity index is 1.68. The third kappa shape index (κ3) is 5.28. The largest absolute Gasteiger partial charge is 0.355 e. The molecule has 4 nitrogen and oxygen atoms in total. The molecular weight excluding hydrogens is 384 g/mol. The number of amides is 1. The van der Waals surface area contributed by atoms with E-state index in [1.807, 2.05) is 31.2 Å². The SMILES string of the molecule is CCNC(=O)[C@@H]1C[C@H](NCc2cc(F)ccc2F)CN1Cc1cccc(Cl)c1. The van der Waals surface area contributed by atoms with E-state index < -0.39 is 11.6 Å². The van der Waals surface area contributed by atoms with E-state index in [9.17, 15) is 13.6 Å². The van der Waals surface area contributed by atoms with Gasteiger partial charge >= 0.3 is 0 Å². The van der Waals surface area contributed by atoms with Crippen LogP contribution in [0.5, 0.6) is 0 Å². The topological polar surface area (TPSA) is 44.4 Å². The molecule has 28 heavy (non-hydrogen) atoms. The fourth-order valence-electron chi connectivity index (χ4n) is 3.59. The highest BCUT2D eigenvalue weighted by molar-refractivity contribution is 6.30. The Hall–Kier alpha value is -2.02. The number of rotatable bonds is 7. The van der Waals surface area contributed by atoms with Crippen LogP contribution in [0.4, 0.5) is 8.78 Å². The van der Waals surface area contributed by atoms with Crippen molar-refractivity contribution < 1.29 is 13.6 Å². The number of hydrogen-bond acceptors (Lipinski definition) is 3. The average molecular weight is 408 g/mol. The predicted molar refractivity (Wildman–Crippen MR) is 106 cm³/mol. The molecular formula is C21H24ClF2N3O. The van der Waals surface area contributed by atoms with Gasteiger partial charge in [0.15, 0.2) is 0 Å². The van der Waals surface area contributed by atoms with Gasteiger partial charge in [0.2, 0.25) is 5.91 Å². The summed E-state index contributed by atoms with van der Waals surface area (Å²) in [6.07, 6.45) is 0.601. The molecule has 1 aliphatic rings. The van der Waals surface area contributed by atoms with Crippen LogP contribution in [0.2, 0.25) is 5.02 Å². The lowest BCUT2D eigenvalue weighted by atomic mass is 10.1. The summed E-state index contributed by atoms with van der Waals surface area (Å²) in [5.74, 6) is -0.930. The molecule has 0 unspecified atom stereocenters. The van der Waals surface area contributed by atoms with E-state index in [1.165, 1.54) is 6.07 Å². The van der Waals surface area contributed by atoms with E-state index in [4.69, 9.17) is 11.6 Å². The first-order chi connectivity index (χ1) is 13.5. The first-order valence-electron chi connectivity index (χ1n) is 9.39. The molecule has 150 valence electrons. The van der Waals surface area contributed by atoms with Gasteiger partial charge in [0.25, 0.3) is 0 Å². The number of carbonyl (C=O) groups excluding carboxylic acids is 1. The molecule has 0 aromatic heterocycles. The molecule has 2 N–H and O–H groups in total. The van der Waals surface area contributed by atoms with E-state index in [0.717, 1.165) is 17.7 Å². The van der Waals surface area contributed by atoms with Gasteiger partial charge in [0.05, 0.1) is 6.04 Å². The van der Waals surface area contributed by atoms with Gasteiger partial charge in [-0.3, -0.25) is 9.69 Å². The number of nitrogens with zero attached hydrogens (tertiary/aromatic N) is 1. The van der Waals surface area contributed by atoms with Crippen molar-refractivity contribution in [2.45, 2.75) is 38.5 Å². The molecule has 2 aromatic carbocycles. The van der Waals surface area contributed by atoms with Crippen LogP contribution in [0.1, 0.15) is 24.5 Å². The maximum absolute atomic E-state index is 13.9. The summed E-state index contributed by atoms with van der Waals surface area (Å²) in [5, 5.41) is 6.80. The van der Waals surface area contributed by atoms with Gasteiger partial charge in [-0.2, -0.15) is 0 Å². The van der Waals surface area contributed by atoms with Gasteiger partial charge in [-0.25, -0.2) is 8.78 Å². The van der Waals surface area contributed by atoms with Crippen LogP contribution in [0.25, 0.3) is 0 Å². The predicted octanol–water partition coefficient (Wildman–Crippen LogP) is 3.49. The zero-order chi connectivity index (χ0) is 20.1. The van der Waals surface area contributed by atoms with E-state index in [2.05, 4.69) is 15.5 Å². The van der Waals surface area contributed by atoms with Gasteiger partial charge < -0.3 is 10.6 Å². The summed E-state index contributed by atoms with van der Waals surface area (Å²) in [6.45, 7) is 3.88. The summed E-state index contributed by atoms with van der Waals surface area (Å²) in [4.78, 5) is 14.6. The van der Waals surface area contributed by atoms with Crippen LogP contribution in [0.15, 0.2) is 42.5 Å². The Bertz CT molecular complexity index is 833. The zero-order valence-electron chi connectivity index (χ0n) is 15.7. The van der Waals surface area contributed by atoms with Crippen molar-refractivity contribution in [2.24, 2.45) is 0 Å². The fraction of sp³-hybridized carbons (Fsp3) is 0.381. The second kappa shape index (κ2) is 9.45. The van der Waals surface area contributed by atoms with Crippen molar-refractivity contribution in [2.75, 3.05) is 13.1 Å². The zero-order valence-corrected chi connectivity index (χ0v) is 16.5. The number of benzene rings is 2. The number of likely N-dealkylation sites (N-methyl/N-ethyl adjacent to an activating group) is 1. The standard InChI is InChI=1S/C21H24ClF2N3O/c1-2-25-21(28)20-10-18(26-11-15-9-17(23)6-7-19(15)24)13-27(20)12-14-4-3-5-16(22)8-14/h3-9,18,20,26H,2,10-13H2,1H3,(H,25,28)/t18-,20-/m0/s1. The molecule has 1 aliphatic heterocycles. The minimum Gasteiger partial charge on any atom is -0.355 e. The highest BCUT2D eigenvalue weighted by Crippen LogP contribution is 2.23. The molecule has 0 spiro atoms. The summed E-state index contributed by atoms with van der Waals surface area (Å²) in [5.41, 5.74) is 1.31. The molecule has 0 aliphatic carbocycles. The quantitative estimate of drug-likeness (QED) is 0.738. The number of nitrogens with one attached hydrogen (secondary N) is 2. The Labute approximate surface area is 168 Å². The molecule has 1 fully saturated rings. The number of hydrogen-bond donors (Lipinski definition) is 2. The van der Waals surface area contributed by atoms with Crippen LogP contribution in [0.3, 0.4) is 0 Å². The third-order valence-electron chi connectivity index (χ3n) is 4.92. The van der Waals surface area contributed by atoms with E-state index >= 15 is 0 Å². The molecule has 0 radical (unpaired) electrons. The minimum atomic E-state index is -0.465. The van der Waals surface area contributed by atoms with Crippen molar-refractivity contribution >= 4 is 17.5 Å². The van der Waals surface area contributed by atoms with Crippen LogP contribution in [0, 0.1) is 11.6 Å². The molecule has 1 heterocycles. The van der Waals surface area contributed by atoms with Gasteiger partial charge in [-0.05, 0) is 49.2 Å². The lowest BCUT2D eigenvalue weighted by molar-refractivity contribution is -0.125. The lowest BCUT2D eigenvalue weighted by Crippen LogP contribution is -2.42. The van der Waals surface area contributed by atoms with Crippen LogP contribution >= 0.6 is 11.6 Å². The first-order valence-corrected chi connectivity index (χ1v) is 9.77. The van der Waals surface area contributed by atoms with E-state index in [1.54, 1.807) is 0 Å². The fourth-order valence-corrected chi connectivity index (χ4v) is 3.81. The third-order valence-corrected chi connectivity index (χ3v) is 5.16. The summed E-state index contributed by atoms with van der Waals surface area (Å²) < 4.78 is 27.2. The second-order valence-corrected chi connectivity index (χ2v) is 7.46. The molecule has 0 saturated carbocycles.